The minimum absolute atomic E-state index is 0.440. The summed E-state index contributed by atoms with van der Waals surface area (Å²) in [5.41, 5.74) is 2.63. The molecule has 0 fully saturated rings. The third-order valence-corrected chi connectivity index (χ3v) is 6.46. The van der Waals surface area contributed by atoms with Crippen molar-refractivity contribution in [3.8, 4) is 11.5 Å². The van der Waals surface area contributed by atoms with Crippen molar-refractivity contribution in [1.29, 1.82) is 0 Å². The molecule has 0 radical (unpaired) electrons. The fraction of sp³-hybridized carbons (Fsp3) is 0.318. The fourth-order valence-electron chi connectivity index (χ4n) is 3.02. The summed E-state index contributed by atoms with van der Waals surface area (Å²) < 4.78 is 15.3. The maximum absolute atomic E-state index is 5.94. The molecule has 0 aliphatic heterocycles. The Balaban J connectivity index is 1.56. The molecule has 8 heteroatoms. The Morgan fingerprint density at radius 1 is 1.10 bits per heavy atom. The van der Waals surface area contributed by atoms with Gasteiger partial charge in [-0.2, -0.15) is 0 Å². The third kappa shape index (κ3) is 4.77. The molecule has 0 spiro atoms. The van der Waals surface area contributed by atoms with Crippen molar-refractivity contribution in [2.75, 3.05) is 6.61 Å². The van der Waals surface area contributed by atoms with Gasteiger partial charge in [0.1, 0.15) is 18.2 Å². The number of hydrogen-bond acceptors (Lipinski definition) is 5. The first kappa shape index (κ1) is 20.3. The lowest BCUT2D eigenvalue weighted by Crippen LogP contribution is -2.22. The molecule has 0 aliphatic rings. The summed E-state index contributed by atoms with van der Waals surface area (Å²) in [7, 11) is -1.13. The Morgan fingerprint density at radius 2 is 1.97 bits per heavy atom. The van der Waals surface area contributed by atoms with Crippen LogP contribution in [0.3, 0.4) is 0 Å². The highest BCUT2D eigenvalue weighted by atomic mass is 28.3. The van der Waals surface area contributed by atoms with Crippen molar-refractivity contribution in [3.63, 3.8) is 0 Å². The van der Waals surface area contributed by atoms with Crippen LogP contribution in [-0.2, 0) is 11.5 Å². The largest absolute Gasteiger partial charge is 0.463 e. The van der Waals surface area contributed by atoms with Crippen LogP contribution >= 0.6 is 0 Å². The second-order valence-corrected chi connectivity index (χ2v) is 14.1. The first-order valence-electron chi connectivity index (χ1n) is 10.1. The molecule has 0 unspecified atom stereocenters. The second kappa shape index (κ2) is 8.41. The van der Waals surface area contributed by atoms with Crippen LogP contribution in [0.1, 0.15) is 17.3 Å². The monoisotopic (exact) mass is 421 g/mol. The van der Waals surface area contributed by atoms with Gasteiger partial charge in [0.25, 0.3) is 0 Å². The van der Waals surface area contributed by atoms with E-state index in [-0.39, 0.29) is 0 Å². The normalized spacial score (nSPS) is 12.4. The number of furan rings is 1. The topological polar surface area (TPSA) is 70.4 Å². The number of ether oxygens (including phenoxy) is 1. The molecule has 156 valence electrons. The maximum Gasteiger partial charge on any atom is 0.175 e. The van der Waals surface area contributed by atoms with Crippen LogP contribution in [0.4, 0.5) is 0 Å². The summed E-state index contributed by atoms with van der Waals surface area (Å²) in [6.45, 7) is 10.2. The molecule has 0 saturated heterocycles. The lowest BCUT2D eigenvalue weighted by Gasteiger charge is -2.15. The molecule has 0 amide bonds. The zero-order valence-corrected chi connectivity index (χ0v) is 18.9. The van der Waals surface area contributed by atoms with E-state index in [1.165, 1.54) is 0 Å². The Morgan fingerprint density at radius 3 is 2.70 bits per heavy atom. The van der Waals surface area contributed by atoms with Crippen LogP contribution in [0, 0.1) is 6.92 Å². The summed E-state index contributed by atoms with van der Waals surface area (Å²) in [6, 6.07) is 10.8. The highest BCUT2D eigenvalue weighted by molar-refractivity contribution is 6.76. The lowest BCUT2D eigenvalue weighted by molar-refractivity contribution is 0.0867. The molecule has 30 heavy (non-hydrogen) atoms. The van der Waals surface area contributed by atoms with Gasteiger partial charge in [-0.1, -0.05) is 25.7 Å². The zero-order valence-electron chi connectivity index (χ0n) is 17.9. The van der Waals surface area contributed by atoms with Crippen LogP contribution in [-0.4, -0.2) is 38.8 Å². The van der Waals surface area contributed by atoms with E-state index in [9.17, 15) is 0 Å². The van der Waals surface area contributed by atoms with E-state index < -0.39 is 8.07 Å². The first-order valence-corrected chi connectivity index (χ1v) is 13.8. The van der Waals surface area contributed by atoms with E-state index in [2.05, 4.69) is 29.7 Å². The minimum Gasteiger partial charge on any atom is -0.463 e. The summed E-state index contributed by atoms with van der Waals surface area (Å²) in [6.07, 6.45) is 7.39. The fourth-order valence-corrected chi connectivity index (χ4v) is 3.78. The highest BCUT2D eigenvalue weighted by Crippen LogP contribution is 2.20. The molecule has 0 aromatic carbocycles. The molecule has 0 aliphatic carbocycles. The van der Waals surface area contributed by atoms with Gasteiger partial charge in [-0.25, -0.2) is 14.5 Å². The Hall–Kier alpha value is -2.97. The highest BCUT2D eigenvalue weighted by Gasteiger charge is 2.14. The van der Waals surface area contributed by atoms with E-state index in [4.69, 9.17) is 14.1 Å². The molecule has 0 bridgehead atoms. The van der Waals surface area contributed by atoms with E-state index in [0.717, 1.165) is 41.3 Å². The number of aryl methyl sites for hydroxylation is 1. The van der Waals surface area contributed by atoms with Crippen LogP contribution in [0.2, 0.25) is 25.7 Å². The molecule has 0 saturated carbocycles. The minimum atomic E-state index is -1.13. The number of pyridine rings is 1. The standard InChI is InChI=1S/C22H27N5O2Si/c1-17-7-5-9-22-24-20(25-27(17)22)10-11-21-23-18(19-8-6-12-29-19)15-26(21)16-28-13-14-30(2,3)4/h5-12,15H,13-14,16H2,1-4H3. The molecule has 7 nitrogen and oxygen atoms in total. The first-order chi connectivity index (χ1) is 14.4. The Labute approximate surface area is 177 Å². The molecule has 4 heterocycles. The van der Waals surface area contributed by atoms with Gasteiger partial charge in [0.15, 0.2) is 17.2 Å². The maximum atomic E-state index is 5.94. The van der Waals surface area contributed by atoms with Gasteiger partial charge >= 0.3 is 0 Å². The zero-order chi connectivity index (χ0) is 21.1. The van der Waals surface area contributed by atoms with Crippen LogP contribution in [0.25, 0.3) is 29.3 Å². The van der Waals surface area contributed by atoms with Gasteiger partial charge in [0.05, 0.1) is 6.26 Å². The predicted molar refractivity (Wildman–Crippen MR) is 121 cm³/mol. The SMILES string of the molecule is Cc1cccc2nc(C=Cc3nc(-c4ccco4)cn3COCC[Si](C)(C)C)nn12. The average Bonchev–Trinajstić information content (AvgIpc) is 3.42. The summed E-state index contributed by atoms with van der Waals surface area (Å²) >= 11 is 0. The summed E-state index contributed by atoms with van der Waals surface area (Å²) in [4.78, 5) is 9.28. The molecule has 4 rings (SSSR count). The number of imidazole rings is 1. The van der Waals surface area contributed by atoms with Crippen molar-refractivity contribution < 1.29 is 9.15 Å². The van der Waals surface area contributed by atoms with Crippen LogP contribution in [0.5, 0.6) is 0 Å². The average molecular weight is 422 g/mol. The predicted octanol–water partition coefficient (Wildman–Crippen LogP) is 4.98. The van der Waals surface area contributed by atoms with E-state index in [1.807, 2.05) is 64.7 Å². The molecule has 4 aromatic rings. The number of nitrogens with zero attached hydrogens (tertiary/aromatic N) is 5. The molecule has 0 atom stereocenters. The van der Waals surface area contributed by atoms with E-state index in [1.54, 1.807) is 6.26 Å². The third-order valence-electron chi connectivity index (χ3n) is 4.75. The van der Waals surface area contributed by atoms with Gasteiger partial charge in [0, 0.05) is 26.6 Å². The number of fused-ring (bicyclic) bond motifs is 1. The second-order valence-electron chi connectivity index (χ2n) is 8.52. The summed E-state index contributed by atoms with van der Waals surface area (Å²) in [5, 5.41) is 4.55. The Bertz CT molecular complexity index is 1150. The van der Waals surface area contributed by atoms with Gasteiger partial charge in [0.2, 0.25) is 0 Å². The lowest BCUT2D eigenvalue weighted by atomic mass is 10.4. The van der Waals surface area contributed by atoms with Gasteiger partial charge in [-0.15, -0.1) is 5.10 Å². The number of hydrogen-bond donors (Lipinski definition) is 0. The van der Waals surface area contributed by atoms with E-state index >= 15 is 0 Å². The number of rotatable bonds is 8. The smallest absolute Gasteiger partial charge is 0.175 e. The Kier molecular flexibility index (Phi) is 5.69. The molecule has 4 aromatic heterocycles. The van der Waals surface area contributed by atoms with Gasteiger partial charge < -0.3 is 13.7 Å². The van der Waals surface area contributed by atoms with Crippen LogP contribution in [0.15, 0.2) is 47.2 Å². The van der Waals surface area contributed by atoms with Crippen molar-refractivity contribution in [3.05, 3.63) is 60.1 Å². The molecular weight excluding hydrogens is 394 g/mol. The van der Waals surface area contributed by atoms with Crippen molar-refractivity contribution in [2.24, 2.45) is 0 Å². The van der Waals surface area contributed by atoms with Gasteiger partial charge in [-0.05, 0) is 49.4 Å². The van der Waals surface area contributed by atoms with Gasteiger partial charge in [-0.3, -0.25) is 0 Å². The quantitative estimate of drug-likeness (QED) is 0.296. The van der Waals surface area contributed by atoms with E-state index in [0.29, 0.717) is 12.6 Å². The van der Waals surface area contributed by atoms with Crippen molar-refractivity contribution in [1.82, 2.24) is 24.1 Å². The number of aromatic nitrogens is 5. The molecular formula is C22H27N5O2Si. The summed E-state index contributed by atoms with van der Waals surface area (Å²) in [5.74, 6) is 2.13. The molecule has 0 N–H and O–H groups in total. The van der Waals surface area contributed by atoms with Crippen molar-refractivity contribution in [2.45, 2.75) is 39.3 Å². The van der Waals surface area contributed by atoms with Crippen LogP contribution < -0.4 is 0 Å². The van der Waals surface area contributed by atoms with Crippen molar-refractivity contribution >= 4 is 25.9 Å².